The summed E-state index contributed by atoms with van der Waals surface area (Å²) in [6, 6.07) is 0. The van der Waals surface area contributed by atoms with Crippen molar-refractivity contribution in [1.82, 2.24) is 0 Å². The van der Waals surface area contributed by atoms with Gasteiger partial charge in [0, 0.05) is 5.92 Å². The van der Waals surface area contributed by atoms with E-state index in [4.69, 9.17) is 8.85 Å². The fourth-order valence-electron chi connectivity index (χ4n) is 4.26. The lowest BCUT2D eigenvalue weighted by Gasteiger charge is -2.48. The minimum absolute atomic E-state index is 0.0624. The van der Waals surface area contributed by atoms with Crippen LogP contribution in [0, 0.1) is 11.8 Å². The van der Waals surface area contributed by atoms with Gasteiger partial charge in [-0.05, 0) is 72.6 Å². The fraction of sp³-hybridized carbons (Fsp3) is 0.875. The van der Waals surface area contributed by atoms with Gasteiger partial charge in [0.2, 0.25) is 0 Å². The molecule has 0 unspecified atom stereocenters. The highest BCUT2D eigenvalue weighted by atomic mass is 28.4. The van der Waals surface area contributed by atoms with Crippen molar-refractivity contribution in [3.63, 3.8) is 0 Å². The zero-order valence-corrected chi connectivity index (χ0v) is 23.2. The van der Waals surface area contributed by atoms with E-state index < -0.39 is 16.6 Å². The second-order valence-electron chi connectivity index (χ2n) is 12.3. The molecule has 1 saturated carbocycles. The zero-order valence-electron chi connectivity index (χ0n) is 21.2. The number of carbonyl (C=O) groups is 1. The second kappa shape index (κ2) is 8.03. The summed E-state index contributed by atoms with van der Waals surface area (Å²) in [5.41, 5.74) is 2.33. The summed E-state index contributed by atoms with van der Waals surface area (Å²) >= 11 is 0. The van der Waals surface area contributed by atoms with Crippen molar-refractivity contribution in [2.75, 3.05) is 0 Å². The number of hydrogen-bond donors (Lipinski definition) is 0. The van der Waals surface area contributed by atoms with Gasteiger partial charge < -0.3 is 8.85 Å². The first-order chi connectivity index (χ1) is 12.9. The molecule has 2 rings (SSSR count). The van der Waals surface area contributed by atoms with Crippen LogP contribution in [0.3, 0.4) is 0 Å². The minimum atomic E-state index is -2.01. The van der Waals surface area contributed by atoms with E-state index in [-0.39, 0.29) is 28.2 Å². The van der Waals surface area contributed by atoms with Gasteiger partial charge in [-0.3, -0.25) is 4.79 Å². The van der Waals surface area contributed by atoms with Gasteiger partial charge in [-0.25, -0.2) is 0 Å². The number of allylic oxidation sites excluding steroid dienone is 1. The maximum Gasteiger partial charge on any atom is 0.193 e. The third-order valence-electron chi connectivity index (χ3n) is 8.30. The van der Waals surface area contributed by atoms with E-state index in [9.17, 15) is 4.79 Å². The predicted molar refractivity (Wildman–Crippen MR) is 128 cm³/mol. The van der Waals surface area contributed by atoms with Crippen molar-refractivity contribution in [3.8, 4) is 0 Å². The first-order valence-corrected chi connectivity index (χ1v) is 17.4. The third-order valence-corrected chi connectivity index (χ3v) is 17.3. The van der Waals surface area contributed by atoms with Gasteiger partial charge in [0.15, 0.2) is 22.4 Å². The molecule has 0 aromatic carbocycles. The van der Waals surface area contributed by atoms with Crippen LogP contribution in [0.4, 0.5) is 0 Å². The van der Waals surface area contributed by atoms with Crippen LogP contribution in [0.1, 0.15) is 74.7 Å². The Morgan fingerprint density at radius 3 is 1.83 bits per heavy atom. The second-order valence-corrected chi connectivity index (χ2v) is 21.9. The molecule has 168 valence electrons. The summed E-state index contributed by atoms with van der Waals surface area (Å²) in [6.07, 6.45) is 2.85. The summed E-state index contributed by atoms with van der Waals surface area (Å²) in [5, 5.41) is 0.286. The number of fused-ring (bicyclic) bond motifs is 1. The molecule has 0 aromatic heterocycles. The molecule has 2 aliphatic rings. The van der Waals surface area contributed by atoms with Gasteiger partial charge in [0.25, 0.3) is 0 Å². The van der Waals surface area contributed by atoms with Crippen molar-refractivity contribution in [2.24, 2.45) is 11.8 Å². The average Bonchev–Trinajstić information content (AvgIpc) is 2.78. The molecule has 3 nitrogen and oxygen atoms in total. The molecule has 0 heterocycles. The maximum absolute atomic E-state index is 13.0. The average molecular weight is 439 g/mol. The molecular weight excluding hydrogens is 392 g/mol. The van der Waals surface area contributed by atoms with E-state index in [2.05, 4.69) is 81.6 Å². The molecule has 0 bridgehead atoms. The van der Waals surface area contributed by atoms with E-state index in [1.807, 2.05) is 0 Å². The van der Waals surface area contributed by atoms with Gasteiger partial charge in [-0.2, -0.15) is 0 Å². The van der Waals surface area contributed by atoms with Crippen LogP contribution in [0.15, 0.2) is 11.1 Å². The van der Waals surface area contributed by atoms with Gasteiger partial charge >= 0.3 is 0 Å². The van der Waals surface area contributed by atoms with Gasteiger partial charge in [0.1, 0.15) is 0 Å². The van der Waals surface area contributed by atoms with E-state index in [0.717, 1.165) is 24.8 Å². The van der Waals surface area contributed by atoms with E-state index in [1.165, 1.54) is 5.57 Å². The molecule has 4 atom stereocenters. The first kappa shape index (κ1) is 25.0. The Bertz CT molecular complexity index is 665. The highest BCUT2D eigenvalue weighted by molar-refractivity contribution is 6.74. The highest BCUT2D eigenvalue weighted by Crippen LogP contribution is 2.50. The van der Waals surface area contributed by atoms with Crippen LogP contribution in [-0.4, -0.2) is 34.6 Å². The van der Waals surface area contributed by atoms with Crippen molar-refractivity contribution < 1.29 is 13.6 Å². The predicted octanol–water partition coefficient (Wildman–Crippen LogP) is 7.10. The first-order valence-electron chi connectivity index (χ1n) is 11.6. The molecule has 0 aliphatic heterocycles. The summed E-state index contributed by atoms with van der Waals surface area (Å²) in [7, 11) is -3.95. The van der Waals surface area contributed by atoms with Gasteiger partial charge in [-0.1, -0.05) is 55.4 Å². The van der Waals surface area contributed by atoms with E-state index in [0.29, 0.717) is 11.7 Å². The van der Waals surface area contributed by atoms with Crippen LogP contribution >= 0.6 is 0 Å². The van der Waals surface area contributed by atoms with Crippen molar-refractivity contribution in [2.45, 2.75) is 123 Å². The Morgan fingerprint density at radius 2 is 1.38 bits per heavy atom. The van der Waals surface area contributed by atoms with E-state index >= 15 is 0 Å². The lowest BCUT2D eigenvalue weighted by molar-refractivity contribution is -0.118. The van der Waals surface area contributed by atoms with Crippen LogP contribution in [0.5, 0.6) is 0 Å². The highest BCUT2D eigenvalue weighted by Gasteiger charge is 2.52. The lowest BCUT2D eigenvalue weighted by Crippen LogP contribution is -2.54. The van der Waals surface area contributed by atoms with Crippen molar-refractivity contribution >= 4 is 22.4 Å². The molecule has 0 saturated heterocycles. The third kappa shape index (κ3) is 4.68. The normalized spacial score (nSPS) is 29.4. The minimum Gasteiger partial charge on any atom is -0.411 e. The Morgan fingerprint density at radius 1 is 0.897 bits per heavy atom. The molecule has 1 fully saturated rings. The number of hydrogen-bond acceptors (Lipinski definition) is 3. The Labute approximate surface area is 182 Å². The summed E-state index contributed by atoms with van der Waals surface area (Å²) in [4.78, 5) is 13.0. The number of ketones is 1. The lowest BCUT2D eigenvalue weighted by atomic mass is 9.78. The number of Topliss-reactive ketones (excluding diaryl/α,β-unsaturated/α-hetero) is 1. The number of rotatable bonds is 5. The summed E-state index contributed by atoms with van der Waals surface area (Å²) in [6.45, 7) is 27.3. The molecule has 0 N–H and O–H groups in total. The van der Waals surface area contributed by atoms with Crippen molar-refractivity contribution in [3.05, 3.63) is 11.1 Å². The number of carbonyl (C=O) groups excluding carboxylic acids is 1. The molecular formula is C24H46O3Si2. The van der Waals surface area contributed by atoms with Crippen LogP contribution in [0.25, 0.3) is 0 Å². The van der Waals surface area contributed by atoms with Crippen LogP contribution < -0.4 is 0 Å². The fourth-order valence-corrected chi connectivity index (χ4v) is 6.88. The quantitative estimate of drug-likeness (QED) is 0.429. The SMILES string of the molecule is CCC1=C2[C@@H](CC[C@H](O[Si](C)(C)C(C)(C)C)[C@H]2O[Si](C)(C)C(C)(C)C)[C@@H](C)C1=O. The van der Waals surface area contributed by atoms with Crippen LogP contribution in [0.2, 0.25) is 36.3 Å². The monoisotopic (exact) mass is 438 g/mol. The van der Waals surface area contributed by atoms with E-state index in [1.54, 1.807) is 0 Å². The Kier molecular flexibility index (Phi) is 6.93. The maximum atomic E-state index is 13.0. The summed E-state index contributed by atoms with van der Waals surface area (Å²) < 4.78 is 14.1. The zero-order chi connectivity index (χ0) is 22.6. The molecule has 0 radical (unpaired) electrons. The van der Waals surface area contributed by atoms with Gasteiger partial charge in [-0.15, -0.1) is 0 Å². The standard InChI is InChI=1S/C24H46O3Si2/c1-13-17-20-18(16(2)21(17)25)14-15-19(26-28(9,10)23(3,4)5)22(20)27-29(11,12)24(6,7)8/h16,18-19,22H,13-15H2,1-12H3/t16-,18+,19+,22-/m1/s1. The summed E-state index contributed by atoms with van der Waals surface area (Å²) in [5.74, 6) is 0.787. The van der Waals surface area contributed by atoms with Crippen LogP contribution in [-0.2, 0) is 13.6 Å². The Hall–Kier alpha value is -0.236. The molecule has 29 heavy (non-hydrogen) atoms. The Balaban J connectivity index is 2.52. The van der Waals surface area contributed by atoms with Crippen molar-refractivity contribution in [1.29, 1.82) is 0 Å². The molecule has 5 heteroatoms. The largest absolute Gasteiger partial charge is 0.411 e. The molecule has 0 amide bonds. The smallest absolute Gasteiger partial charge is 0.193 e. The molecule has 0 aromatic rings. The van der Waals surface area contributed by atoms with Gasteiger partial charge in [0.05, 0.1) is 12.2 Å². The molecule has 0 spiro atoms. The topological polar surface area (TPSA) is 35.5 Å². The molecule has 2 aliphatic carbocycles.